The van der Waals surface area contributed by atoms with E-state index in [0.717, 1.165) is 0 Å². The highest BCUT2D eigenvalue weighted by Gasteiger charge is 2.34. The number of ether oxygens (including phenoxy) is 1. The first-order valence-electron chi connectivity index (χ1n) is 7.38. The number of hydrogen-bond donors (Lipinski definition) is 1. The van der Waals surface area contributed by atoms with Gasteiger partial charge in [0.1, 0.15) is 17.9 Å². The summed E-state index contributed by atoms with van der Waals surface area (Å²) in [4.78, 5) is 24.8. The van der Waals surface area contributed by atoms with Crippen molar-refractivity contribution in [2.45, 2.75) is 0 Å². The molecule has 2 amide bonds. The monoisotopic (exact) mass is 352 g/mol. The van der Waals surface area contributed by atoms with Crippen molar-refractivity contribution in [2.24, 2.45) is 0 Å². The van der Waals surface area contributed by atoms with Gasteiger partial charge in [-0.05, 0) is 36.4 Å². The van der Waals surface area contributed by atoms with E-state index >= 15 is 0 Å². The van der Waals surface area contributed by atoms with Crippen molar-refractivity contribution < 1.29 is 14.3 Å². The number of anilines is 1. The Bertz CT molecular complexity index is 901. The van der Waals surface area contributed by atoms with Crippen molar-refractivity contribution in [3.8, 4) is 18.1 Å². The van der Waals surface area contributed by atoms with Crippen molar-refractivity contribution in [1.29, 1.82) is 0 Å². The summed E-state index contributed by atoms with van der Waals surface area (Å²) in [6, 6.07) is 13.7. The van der Waals surface area contributed by atoms with Gasteiger partial charge in [-0.1, -0.05) is 35.7 Å². The fourth-order valence-corrected chi connectivity index (χ4v) is 2.54. The van der Waals surface area contributed by atoms with E-state index in [0.29, 0.717) is 22.0 Å². The predicted molar refractivity (Wildman–Crippen MR) is 95.8 cm³/mol. The topological polar surface area (TPSA) is 58.6 Å². The van der Waals surface area contributed by atoms with Crippen molar-refractivity contribution in [1.82, 2.24) is 5.43 Å². The maximum Gasteiger partial charge on any atom is 0.282 e. The van der Waals surface area contributed by atoms with E-state index in [4.69, 9.17) is 22.8 Å². The van der Waals surface area contributed by atoms with Crippen LogP contribution in [0.2, 0.25) is 5.02 Å². The second-order valence-corrected chi connectivity index (χ2v) is 5.59. The van der Waals surface area contributed by atoms with Crippen LogP contribution in [0.4, 0.5) is 5.69 Å². The van der Waals surface area contributed by atoms with Crippen LogP contribution in [-0.2, 0) is 9.59 Å². The molecule has 1 N–H and O–H groups in total. The maximum atomic E-state index is 12.6. The van der Waals surface area contributed by atoms with Crippen molar-refractivity contribution in [2.75, 3.05) is 11.6 Å². The van der Waals surface area contributed by atoms with Gasteiger partial charge in [0.05, 0.1) is 5.69 Å². The first-order chi connectivity index (χ1) is 12.1. The molecule has 1 heterocycles. The van der Waals surface area contributed by atoms with Gasteiger partial charge in [-0.25, -0.2) is 5.01 Å². The Kier molecular flexibility index (Phi) is 4.73. The van der Waals surface area contributed by atoms with Gasteiger partial charge in [-0.2, -0.15) is 0 Å². The number of nitrogens with zero attached hydrogens (tertiary/aromatic N) is 1. The Morgan fingerprint density at radius 3 is 2.68 bits per heavy atom. The number of hydrazine groups is 1. The van der Waals surface area contributed by atoms with Crippen LogP contribution in [-0.4, -0.2) is 18.4 Å². The van der Waals surface area contributed by atoms with Crippen LogP contribution < -0.4 is 15.2 Å². The van der Waals surface area contributed by atoms with E-state index in [-0.39, 0.29) is 12.2 Å². The molecule has 6 heteroatoms. The Balaban J connectivity index is 1.96. The van der Waals surface area contributed by atoms with E-state index in [1.165, 1.54) is 11.1 Å². The zero-order valence-corrected chi connectivity index (χ0v) is 13.8. The molecular formula is C19H13ClN2O3. The average molecular weight is 353 g/mol. The van der Waals surface area contributed by atoms with E-state index in [2.05, 4.69) is 11.3 Å². The largest absolute Gasteiger partial charge is 0.480 e. The van der Waals surface area contributed by atoms with Gasteiger partial charge >= 0.3 is 0 Å². The molecule has 0 bridgehead atoms. The summed E-state index contributed by atoms with van der Waals surface area (Å²) in [7, 11) is 0. The second-order valence-electron chi connectivity index (χ2n) is 5.15. The number of rotatable bonds is 4. The minimum absolute atomic E-state index is 0.0170. The number of carbonyl (C=O) groups excluding carboxylic acids is 2. The number of terminal acetylenes is 1. The molecule has 1 saturated heterocycles. The van der Waals surface area contributed by atoms with Gasteiger partial charge < -0.3 is 4.74 Å². The molecule has 1 aliphatic rings. The molecule has 1 fully saturated rings. The van der Waals surface area contributed by atoms with Crippen LogP contribution in [0.3, 0.4) is 0 Å². The van der Waals surface area contributed by atoms with Crippen LogP contribution in [0.15, 0.2) is 54.1 Å². The third kappa shape index (κ3) is 3.49. The standard InChI is InChI=1S/C19H13ClN2O3/c1-2-10-25-17-9-8-14(20)11-13(17)12-16-18(23)21-22(19(16)24)15-6-4-3-5-7-15/h1,3-9,11-12H,10H2,(H,21,23). The number of nitrogens with one attached hydrogen (secondary N) is 1. The van der Waals surface area contributed by atoms with E-state index in [1.807, 2.05) is 6.07 Å². The zero-order chi connectivity index (χ0) is 17.8. The first-order valence-corrected chi connectivity index (χ1v) is 7.76. The Morgan fingerprint density at radius 1 is 1.20 bits per heavy atom. The fourth-order valence-electron chi connectivity index (χ4n) is 2.35. The molecule has 2 aromatic carbocycles. The SMILES string of the molecule is C#CCOc1ccc(Cl)cc1C=C1C(=O)NN(c2ccccc2)C1=O. The minimum Gasteiger partial charge on any atom is -0.480 e. The fraction of sp³-hybridized carbons (Fsp3) is 0.0526. The van der Waals surface area contributed by atoms with Crippen LogP contribution >= 0.6 is 11.6 Å². The quantitative estimate of drug-likeness (QED) is 0.523. The number of halogens is 1. The van der Waals surface area contributed by atoms with Gasteiger partial charge in [-0.3, -0.25) is 15.0 Å². The number of benzene rings is 2. The van der Waals surface area contributed by atoms with E-state index < -0.39 is 11.8 Å². The smallest absolute Gasteiger partial charge is 0.282 e. The molecule has 1 aliphatic heterocycles. The minimum atomic E-state index is -0.503. The van der Waals surface area contributed by atoms with Gasteiger partial charge in [0.2, 0.25) is 0 Å². The maximum absolute atomic E-state index is 12.6. The van der Waals surface area contributed by atoms with Crippen LogP contribution in [0.25, 0.3) is 6.08 Å². The van der Waals surface area contributed by atoms with E-state index in [1.54, 1.807) is 42.5 Å². The first kappa shape index (κ1) is 16.6. The summed E-state index contributed by atoms with van der Waals surface area (Å²) in [6.07, 6.45) is 6.65. The normalized spacial score (nSPS) is 15.2. The number of para-hydroxylation sites is 1. The molecule has 0 atom stereocenters. The molecule has 124 valence electrons. The molecule has 2 aromatic rings. The molecule has 0 saturated carbocycles. The molecule has 5 nitrogen and oxygen atoms in total. The summed E-state index contributed by atoms with van der Waals surface area (Å²) in [6.45, 7) is 0.0636. The summed E-state index contributed by atoms with van der Waals surface area (Å²) in [5, 5.41) is 1.64. The van der Waals surface area contributed by atoms with Gasteiger partial charge in [-0.15, -0.1) is 6.42 Å². The second kappa shape index (κ2) is 7.12. The number of amides is 2. The van der Waals surface area contributed by atoms with Crippen molar-refractivity contribution >= 4 is 35.2 Å². The number of hydrogen-bond acceptors (Lipinski definition) is 3. The lowest BCUT2D eigenvalue weighted by atomic mass is 10.1. The van der Waals surface area contributed by atoms with Gasteiger partial charge in [0.25, 0.3) is 11.8 Å². The lowest BCUT2D eigenvalue weighted by molar-refractivity contribution is -0.117. The van der Waals surface area contributed by atoms with Crippen LogP contribution in [0.5, 0.6) is 5.75 Å². The molecule has 3 rings (SSSR count). The third-order valence-corrected chi connectivity index (χ3v) is 3.72. The zero-order valence-electron chi connectivity index (χ0n) is 13.0. The summed E-state index contributed by atoms with van der Waals surface area (Å²) < 4.78 is 5.44. The van der Waals surface area contributed by atoms with Crippen LogP contribution in [0.1, 0.15) is 5.56 Å². The number of carbonyl (C=O) groups is 2. The molecular weight excluding hydrogens is 340 g/mol. The van der Waals surface area contributed by atoms with E-state index in [9.17, 15) is 9.59 Å². The van der Waals surface area contributed by atoms with Gasteiger partial charge in [0, 0.05) is 10.6 Å². The molecule has 0 spiro atoms. The summed E-state index contributed by atoms with van der Waals surface area (Å²) in [5.41, 5.74) is 3.59. The molecule has 25 heavy (non-hydrogen) atoms. The lowest BCUT2D eigenvalue weighted by Crippen LogP contribution is -2.35. The lowest BCUT2D eigenvalue weighted by Gasteiger charge is -2.13. The summed E-state index contributed by atoms with van der Waals surface area (Å²) in [5.74, 6) is 1.84. The molecule has 0 aromatic heterocycles. The summed E-state index contributed by atoms with van der Waals surface area (Å²) >= 11 is 6.01. The third-order valence-electron chi connectivity index (χ3n) is 3.49. The van der Waals surface area contributed by atoms with Gasteiger partial charge in [0.15, 0.2) is 0 Å². The highest BCUT2D eigenvalue weighted by atomic mass is 35.5. The predicted octanol–water partition coefficient (Wildman–Crippen LogP) is 2.81. The molecule has 0 unspecified atom stereocenters. The van der Waals surface area contributed by atoms with Crippen LogP contribution in [0, 0.1) is 12.3 Å². The average Bonchev–Trinajstić information content (AvgIpc) is 2.90. The Labute approximate surface area is 149 Å². The molecule has 0 aliphatic carbocycles. The van der Waals surface area contributed by atoms with Crippen molar-refractivity contribution in [3.05, 3.63) is 64.7 Å². The highest BCUT2D eigenvalue weighted by Crippen LogP contribution is 2.27. The Hall–Kier alpha value is -3.23. The molecule has 0 radical (unpaired) electrons. The highest BCUT2D eigenvalue weighted by molar-refractivity contribution is 6.32. The Morgan fingerprint density at radius 2 is 1.96 bits per heavy atom. The van der Waals surface area contributed by atoms with Crippen molar-refractivity contribution in [3.63, 3.8) is 0 Å².